The van der Waals surface area contributed by atoms with Crippen LogP contribution in [0.1, 0.15) is 19.8 Å². The van der Waals surface area contributed by atoms with Gasteiger partial charge in [-0.2, -0.15) is 0 Å². The van der Waals surface area contributed by atoms with Gasteiger partial charge < -0.3 is 15.8 Å². The number of anilines is 2. The molecule has 78 valence electrons. The zero-order chi connectivity index (χ0) is 10.0. The molecule has 1 aromatic rings. The largest absolute Gasteiger partial charge is 0.389 e. The van der Waals surface area contributed by atoms with E-state index in [1.165, 1.54) is 11.3 Å². The first-order valence-electron chi connectivity index (χ1n) is 4.77. The third-order valence-corrected chi connectivity index (χ3v) is 3.22. The van der Waals surface area contributed by atoms with Crippen molar-refractivity contribution in [1.82, 2.24) is 4.98 Å². The average molecular weight is 213 g/mol. The summed E-state index contributed by atoms with van der Waals surface area (Å²) in [5.74, 6) is 0. The molecule has 14 heavy (non-hydrogen) atoms. The molecule has 1 atom stereocenters. The molecule has 4 nitrogen and oxygen atoms in total. The first-order chi connectivity index (χ1) is 6.68. The van der Waals surface area contributed by atoms with Crippen LogP contribution in [-0.2, 0) is 4.74 Å². The minimum absolute atomic E-state index is 0.0273. The normalized spacial score (nSPS) is 26.6. The number of thiazole rings is 1. The number of hydrogen-bond donors (Lipinski definition) is 2. The zero-order valence-electron chi connectivity index (χ0n) is 8.25. The van der Waals surface area contributed by atoms with Crippen molar-refractivity contribution in [3.05, 3.63) is 6.20 Å². The van der Waals surface area contributed by atoms with Gasteiger partial charge in [-0.15, -0.1) is 0 Å². The maximum atomic E-state index is 5.65. The number of nitrogens with two attached hydrogens (primary N) is 1. The van der Waals surface area contributed by atoms with Crippen LogP contribution in [0.2, 0.25) is 0 Å². The molecule has 5 heteroatoms. The van der Waals surface area contributed by atoms with Gasteiger partial charge in [-0.3, -0.25) is 0 Å². The number of aromatic nitrogens is 1. The van der Waals surface area contributed by atoms with E-state index in [9.17, 15) is 0 Å². The lowest BCUT2D eigenvalue weighted by atomic mass is 10.0. The summed E-state index contributed by atoms with van der Waals surface area (Å²) < 4.78 is 5.65. The van der Waals surface area contributed by atoms with Crippen molar-refractivity contribution in [1.29, 1.82) is 0 Å². The number of ether oxygens (including phenoxy) is 1. The molecule has 1 unspecified atom stereocenters. The van der Waals surface area contributed by atoms with Crippen molar-refractivity contribution in [2.45, 2.75) is 25.4 Å². The fourth-order valence-electron chi connectivity index (χ4n) is 1.61. The molecule has 0 radical (unpaired) electrons. The van der Waals surface area contributed by atoms with Crippen LogP contribution in [-0.4, -0.2) is 23.7 Å². The monoisotopic (exact) mass is 213 g/mol. The summed E-state index contributed by atoms with van der Waals surface area (Å²) in [4.78, 5) is 4.13. The predicted molar refractivity (Wildman–Crippen MR) is 58.6 cm³/mol. The summed E-state index contributed by atoms with van der Waals surface area (Å²) in [5.41, 5.74) is 5.55. The van der Waals surface area contributed by atoms with Crippen LogP contribution in [0.15, 0.2) is 6.20 Å². The smallest absolute Gasteiger partial charge is 0.184 e. The second-order valence-corrected chi connectivity index (χ2v) is 4.89. The summed E-state index contributed by atoms with van der Waals surface area (Å²) in [7, 11) is 0. The molecule has 2 rings (SSSR count). The van der Waals surface area contributed by atoms with Gasteiger partial charge in [0.05, 0.1) is 11.8 Å². The van der Waals surface area contributed by atoms with Crippen LogP contribution in [0.25, 0.3) is 0 Å². The second kappa shape index (κ2) is 3.74. The van der Waals surface area contributed by atoms with Gasteiger partial charge in [0, 0.05) is 13.2 Å². The molecule has 1 saturated heterocycles. The van der Waals surface area contributed by atoms with Crippen LogP contribution in [0.3, 0.4) is 0 Å². The van der Waals surface area contributed by atoms with E-state index in [4.69, 9.17) is 10.5 Å². The zero-order valence-corrected chi connectivity index (χ0v) is 9.06. The van der Waals surface area contributed by atoms with Crippen LogP contribution in [0, 0.1) is 0 Å². The fraction of sp³-hybridized carbons (Fsp3) is 0.667. The molecule has 3 N–H and O–H groups in total. The van der Waals surface area contributed by atoms with Crippen LogP contribution >= 0.6 is 11.3 Å². The van der Waals surface area contributed by atoms with E-state index < -0.39 is 0 Å². The lowest BCUT2D eigenvalue weighted by molar-refractivity contribution is 0.0315. The highest BCUT2D eigenvalue weighted by Crippen LogP contribution is 2.26. The summed E-state index contributed by atoms with van der Waals surface area (Å²) in [5, 5.41) is 4.87. The van der Waals surface area contributed by atoms with E-state index in [2.05, 4.69) is 17.2 Å². The minimum Gasteiger partial charge on any atom is -0.389 e. The Morgan fingerprint density at radius 1 is 1.79 bits per heavy atom. The van der Waals surface area contributed by atoms with E-state index in [-0.39, 0.29) is 5.60 Å². The second-order valence-electron chi connectivity index (χ2n) is 3.82. The average Bonchev–Trinajstić information content (AvgIpc) is 2.73. The Morgan fingerprint density at radius 3 is 3.21 bits per heavy atom. The lowest BCUT2D eigenvalue weighted by Gasteiger charge is -2.22. The van der Waals surface area contributed by atoms with Crippen molar-refractivity contribution in [3.63, 3.8) is 0 Å². The van der Waals surface area contributed by atoms with Gasteiger partial charge in [0.15, 0.2) is 5.13 Å². The van der Waals surface area contributed by atoms with E-state index in [1.807, 2.05) is 0 Å². The standard InChI is InChI=1S/C9H15N3OS/c1-9(3-2-4-13-9)6-12-8-11-5-7(10)14-8/h5H,2-4,6,10H2,1H3,(H,11,12). The molecule has 0 amide bonds. The van der Waals surface area contributed by atoms with Gasteiger partial charge in [-0.05, 0) is 19.8 Å². The molecule has 1 aliphatic heterocycles. The molecule has 1 aliphatic rings. The number of hydrogen-bond acceptors (Lipinski definition) is 5. The molecule has 0 saturated carbocycles. The molecule has 0 aliphatic carbocycles. The highest BCUT2D eigenvalue weighted by atomic mass is 32.1. The highest BCUT2D eigenvalue weighted by molar-refractivity contribution is 7.19. The molecular weight excluding hydrogens is 198 g/mol. The van der Waals surface area contributed by atoms with E-state index in [0.717, 1.165) is 36.1 Å². The highest BCUT2D eigenvalue weighted by Gasteiger charge is 2.29. The van der Waals surface area contributed by atoms with Crippen LogP contribution in [0.4, 0.5) is 10.1 Å². The van der Waals surface area contributed by atoms with Crippen LogP contribution in [0.5, 0.6) is 0 Å². The van der Waals surface area contributed by atoms with Crippen molar-refractivity contribution < 1.29 is 4.74 Å². The molecule has 0 spiro atoms. The first-order valence-corrected chi connectivity index (χ1v) is 5.59. The van der Waals surface area contributed by atoms with Crippen molar-refractivity contribution in [2.75, 3.05) is 24.2 Å². The Balaban J connectivity index is 1.87. The van der Waals surface area contributed by atoms with Gasteiger partial charge in [0.25, 0.3) is 0 Å². The molecule has 2 heterocycles. The van der Waals surface area contributed by atoms with E-state index in [1.54, 1.807) is 6.20 Å². The molecule has 1 fully saturated rings. The SMILES string of the molecule is CC1(CNc2ncc(N)s2)CCCO1. The Hall–Kier alpha value is -0.810. The van der Waals surface area contributed by atoms with Crippen LogP contribution < -0.4 is 11.1 Å². The van der Waals surface area contributed by atoms with Gasteiger partial charge in [0.1, 0.15) is 5.00 Å². The number of nitrogen functional groups attached to an aromatic ring is 1. The maximum absolute atomic E-state index is 5.65. The lowest BCUT2D eigenvalue weighted by Crippen LogP contribution is -2.32. The van der Waals surface area contributed by atoms with Gasteiger partial charge in [-0.25, -0.2) is 4.98 Å². The minimum atomic E-state index is -0.0273. The molecule has 1 aromatic heterocycles. The fourth-order valence-corrected chi connectivity index (χ4v) is 2.19. The number of rotatable bonds is 3. The van der Waals surface area contributed by atoms with Gasteiger partial charge in [-0.1, -0.05) is 11.3 Å². The molecule has 0 aromatic carbocycles. The van der Waals surface area contributed by atoms with E-state index >= 15 is 0 Å². The third kappa shape index (κ3) is 2.16. The number of nitrogens with one attached hydrogen (secondary N) is 1. The summed E-state index contributed by atoms with van der Waals surface area (Å²) in [6.45, 7) is 3.81. The Morgan fingerprint density at radius 2 is 2.64 bits per heavy atom. The van der Waals surface area contributed by atoms with Crippen molar-refractivity contribution in [3.8, 4) is 0 Å². The Labute approximate surface area is 87.5 Å². The van der Waals surface area contributed by atoms with E-state index in [0.29, 0.717) is 0 Å². The first kappa shape index (κ1) is 9.73. The van der Waals surface area contributed by atoms with Crippen molar-refractivity contribution in [2.24, 2.45) is 0 Å². The van der Waals surface area contributed by atoms with Crippen molar-refractivity contribution >= 4 is 21.5 Å². The topological polar surface area (TPSA) is 60.2 Å². The predicted octanol–water partition coefficient (Wildman–Crippen LogP) is 1.71. The quantitative estimate of drug-likeness (QED) is 0.802. The maximum Gasteiger partial charge on any atom is 0.184 e. The summed E-state index contributed by atoms with van der Waals surface area (Å²) >= 11 is 1.47. The summed E-state index contributed by atoms with van der Waals surface area (Å²) in [6.07, 6.45) is 3.93. The number of nitrogens with zero attached hydrogens (tertiary/aromatic N) is 1. The Bertz CT molecular complexity index is 307. The summed E-state index contributed by atoms with van der Waals surface area (Å²) in [6, 6.07) is 0. The molecule has 0 bridgehead atoms. The Kier molecular flexibility index (Phi) is 2.60. The third-order valence-electron chi connectivity index (χ3n) is 2.44. The van der Waals surface area contributed by atoms with Gasteiger partial charge in [0.2, 0.25) is 0 Å². The molecular formula is C9H15N3OS. The van der Waals surface area contributed by atoms with Gasteiger partial charge >= 0.3 is 0 Å².